The van der Waals surface area contributed by atoms with Crippen molar-refractivity contribution in [2.45, 2.75) is 13.5 Å². The Morgan fingerprint density at radius 3 is 2.85 bits per heavy atom. The van der Waals surface area contributed by atoms with Crippen molar-refractivity contribution in [2.24, 2.45) is 0 Å². The van der Waals surface area contributed by atoms with Crippen molar-refractivity contribution in [1.82, 2.24) is 4.98 Å². The third-order valence-electron chi connectivity index (χ3n) is 1.68. The molecule has 0 unspecified atom stereocenters. The molecule has 2 aromatic rings. The van der Waals surface area contributed by atoms with Gasteiger partial charge < -0.3 is 5.11 Å². The molecule has 0 amide bonds. The summed E-state index contributed by atoms with van der Waals surface area (Å²) in [6, 6.07) is 4.15. The van der Waals surface area contributed by atoms with E-state index in [1.807, 2.05) is 5.38 Å². The van der Waals surface area contributed by atoms with Crippen LogP contribution >= 0.6 is 22.7 Å². The molecule has 0 spiro atoms. The van der Waals surface area contributed by atoms with Crippen LogP contribution in [-0.4, -0.2) is 10.1 Å². The van der Waals surface area contributed by atoms with Gasteiger partial charge in [-0.3, -0.25) is 0 Å². The predicted molar refractivity (Wildman–Crippen MR) is 56.1 cm³/mol. The molecule has 13 heavy (non-hydrogen) atoms. The van der Waals surface area contributed by atoms with Crippen molar-refractivity contribution in [3.05, 3.63) is 27.4 Å². The van der Waals surface area contributed by atoms with Gasteiger partial charge in [-0.15, -0.1) is 22.7 Å². The molecular weight excluding hydrogens is 202 g/mol. The van der Waals surface area contributed by atoms with Crippen LogP contribution in [0.3, 0.4) is 0 Å². The fourth-order valence-electron chi connectivity index (χ4n) is 1.07. The van der Waals surface area contributed by atoms with Gasteiger partial charge in [-0.05, 0) is 19.1 Å². The predicted octanol–water partition coefficient (Wildman–Crippen LogP) is 2.67. The summed E-state index contributed by atoms with van der Waals surface area (Å²) >= 11 is 3.23. The Morgan fingerprint density at radius 2 is 2.31 bits per heavy atom. The van der Waals surface area contributed by atoms with E-state index in [9.17, 15) is 0 Å². The molecule has 68 valence electrons. The molecular formula is C9H9NOS2. The van der Waals surface area contributed by atoms with Crippen molar-refractivity contribution >= 4 is 22.7 Å². The topological polar surface area (TPSA) is 33.1 Å². The van der Waals surface area contributed by atoms with Gasteiger partial charge >= 0.3 is 0 Å². The Kier molecular flexibility index (Phi) is 2.44. The molecule has 1 N–H and O–H groups in total. The van der Waals surface area contributed by atoms with Crippen LogP contribution in [0.15, 0.2) is 17.5 Å². The molecule has 4 heteroatoms. The molecule has 0 bridgehead atoms. The molecule has 0 saturated carbocycles. The Morgan fingerprint density at radius 1 is 1.46 bits per heavy atom. The maximum Gasteiger partial charge on any atom is 0.119 e. The molecule has 0 aliphatic rings. The minimum absolute atomic E-state index is 0.0367. The number of aliphatic hydroxyl groups excluding tert-OH is 1. The van der Waals surface area contributed by atoms with E-state index in [4.69, 9.17) is 5.11 Å². The molecule has 0 fully saturated rings. The first-order valence-corrected chi connectivity index (χ1v) is 5.61. The van der Waals surface area contributed by atoms with Crippen molar-refractivity contribution in [2.75, 3.05) is 0 Å². The quantitative estimate of drug-likeness (QED) is 0.828. The van der Waals surface area contributed by atoms with Crippen LogP contribution in [0.1, 0.15) is 9.88 Å². The lowest BCUT2D eigenvalue weighted by molar-refractivity contribution is 0.281. The molecule has 0 aromatic carbocycles. The molecule has 2 aromatic heterocycles. The summed E-state index contributed by atoms with van der Waals surface area (Å²) in [5.41, 5.74) is 0.979. The summed E-state index contributed by atoms with van der Waals surface area (Å²) in [5, 5.41) is 11.6. The van der Waals surface area contributed by atoms with Crippen LogP contribution in [0.4, 0.5) is 0 Å². The van der Waals surface area contributed by atoms with E-state index in [0.29, 0.717) is 0 Å². The molecule has 0 aliphatic carbocycles. The molecule has 2 heterocycles. The molecule has 2 rings (SSSR count). The zero-order valence-electron chi connectivity index (χ0n) is 7.15. The second-order valence-corrected chi connectivity index (χ2v) is 4.93. The zero-order chi connectivity index (χ0) is 9.26. The van der Waals surface area contributed by atoms with Crippen LogP contribution in [0, 0.1) is 6.92 Å². The normalized spacial score (nSPS) is 10.6. The highest BCUT2D eigenvalue weighted by atomic mass is 32.1. The van der Waals surface area contributed by atoms with Crippen LogP contribution in [0.5, 0.6) is 0 Å². The third-order valence-corrected chi connectivity index (χ3v) is 3.54. The van der Waals surface area contributed by atoms with Gasteiger partial charge in [0.2, 0.25) is 0 Å². The summed E-state index contributed by atoms with van der Waals surface area (Å²) in [7, 11) is 0. The number of thiophene rings is 1. The summed E-state index contributed by atoms with van der Waals surface area (Å²) in [5.74, 6) is 0. The van der Waals surface area contributed by atoms with Gasteiger partial charge in [0.15, 0.2) is 0 Å². The molecule has 0 aliphatic heterocycles. The minimum atomic E-state index is 0.0367. The minimum Gasteiger partial charge on any atom is -0.389 e. The number of aromatic nitrogens is 1. The van der Waals surface area contributed by atoms with Crippen LogP contribution in [0.25, 0.3) is 10.6 Å². The number of aryl methyl sites for hydroxylation is 1. The average Bonchev–Trinajstić information content (AvgIpc) is 2.71. The van der Waals surface area contributed by atoms with Gasteiger partial charge in [-0.1, -0.05) is 0 Å². The van der Waals surface area contributed by atoms with Crippen LogP contribution in [-0.2, 0) is 6.61 Å². The average molecular weight is 211 g/mol. The van der Waals surface area contributed by atoms with Gasteiger partial charge in [-0.2, -0.15) is 0 Å². The lowest BCUT2D eigenvalue weighted by Gasteiger charge is -1.87. The summed E-state index contributed by atoms with van der Waals surface area (Å²) in [6.07, 6.45) is 0. The highest BCUT2D eigenvalue weighted by Gasteiger charge is 2.05. The number of rotatable bonds is 2. The van der Waals surface area contributed by atoms with Gasteiger partial charge in [0, 0.05) is 10.3 Å². The first-order chi connectivity index (χ1) is 6.29. The van der Waals surface area contributed by atoms with E-state index < -0.39 is 0 Å². The number of hydrogen-bond donors (Lipinski definition) is 1. The van der Waals surface area contributed by atoms with Crippen molar-refractivity contribution in [3.63, 3.8) is 0 Å². The van der Waals surface area contributed by atoms with E-state index >= 15 is 0 Å². The lowest BCUT2D eigenvalue weighted by atomic mass is 10.4. The van der Waals surface area contributed by atoms with Gasteiger partial charge in [0.25, 0.3) is 0 Å². The fraction of sp³-hybridized carbons (Fsp3) is 0.222. The maximum atomic E-state index is 8.85. The van der Waals surface area contributed by atoms with E-state index in [-0.39, 0.29) is 6.61 Å². The second-order valence-electron chi connectivity index (χ2n) is 2.69. The molecule has 2 nitrogen and oxygen atoms in total. The van der Waals surface area contributed by atoms with Crippen molar-refractivity contribution < 1.29 is 5.11 Å². The number of nitrogens with zero attached hydrogens (tertiary/aromatic N) is 1. The fourth-order valence-corrected chi connectivity index (χ4v) is 2.62. The Labute approximate surface area is 84.5 Å². The molecule has 0 radical (unpaired) electrons. The van der Waals surface area contributed by atoms with E-state index in [1.54, 1.807) is 11.3 Å². The zero-order valence-corrected chi connectivity index (χ0v) is 8.78. The lowest BCUT2D eigenvalue weighted by Crippen LogP contribution is -1.79. The summed E-state index contributed by atoms with van der Waals surface area (Å²) < 4.78 is 0. The van der Waals surface area contributed by atoms with E-state index in [1.165, 1.54) is 21.1 Å². The summed E-state index contributed by atoms with van der Waals surface area (Å²) in [4.78, 5) is 6.75. The SMILES string of the molecule is Cc1ccc(-c2csc(CO)n2)s1. The highest BCUT2D eigenvalue weighted by molar-refractivity contribution is 7.16. The number of thiazole rings is 1. The first kappa shape index (κ1) is 8.87. The van der Waals surface area contributed by atoms with Crippen LogP contribution < -0.4 is 0 Å². The van der Waals surface area contributed by atoms with Crippen LogP contribution in [0.2, 0.25) is 0 Å². The number of aliphatic hydroxyl groups is 1. The molecule has 0 saturated heterocycles. The Hall–Kier alpha value is -0.710. The van der Waals surface area contributed by atoms with Gasteiger partial charge in [0.05, 0.1) is 17.2 Å². The third kappa shape index (κ3) is 1.80. The highest BCUT2D eigenvalue weighted by Crippen LogP contribution is 2.28. The smallest absolute Gasteiger partial charge is 0.119 e. The first-order valence-electron chi connectivity index (χ1n) is 3.91. The Bertz CT molecular complexity index is 405. The summed E-state index contributed by atoms with van der Waals surface area (Å²) in [6.45, 7) is 2.11. The Balaban J connectivity index is 2.35. The maximum absolute atomic E-state index is 8.85. The van der Waals surface area contributed by atoms with E-state index in [0.717, 1.165) is 10.7 Å². The van der Waals surface area contributed by atoms with Gasteiger partial charge in [-0.25, -0.2) is 4.98 Å². The standard InChI is InChI=1S/C9H9NOS2/c1-6-2-3-8(13-6)7-5-12-9(4-11)10-7/h2-3,5,11H,4H2,1H3. The second kappa shape index (κ2) is 3.57. The molecule has 0 atom stereocenters. The number of hydrogen-bond acceptors (Lipinski definition) is 4. The van der Waals surface area contributed by atoms with Crippen molar-refractivity contribution in [3.8, 4) is 10.6 Å². The largest absolute Gasteiger partial charge is 0.389 e. The van der Waals surface area contributed by atoms with Crippen molar-refractivity contribution in [1.29, 1.82) is 0 Å². The monoisotopic (exact) mass is 211 g/mol. The van der Waals surface area contributed by atoms with E-state index in [2.05, 4.69) is 24.0 Å². The van der Waals surface area contributed by atoms with Gasteiger partial charge in [0.1, 0.15) is 5.01 Å².